The zero-order valence-corrected chi connectivity index (χ0v) is 9.89. The van der Waals surface area contributed by atoms with Crippen molar-refractivity contribution in [3.63, 3.8) is 0 Å². The van der Waals surface area contributed by atoms with Crippen molar-refractivity contribution in [2.45, 2.75) is 6.42 Å². The molecule has 0 saturated carbocycles. The topological polar surface area (TPSA) is 3.24 Å². The van der Waals surface area contributed by atoms with Gasteiger partial charge in [0.1, 0.15) is 0 Å². The van der Waals surface area contributed by atoms with E-state index in [4.69, 9.17) is 0 Å². The van der Waals surface area contributed by atoms with Gasteiger partial charge in [0, 0.05) is 12.3 Å². The largest absolute Gasteiger partial charge is 0.309 e. The molecular weight excluding hydrogens is 190 g/mol. The summed E-state index contributed by atoms with van der Waals surface area (Å²) in [6.45, 7) is 1.18. The molecular formula is C12H19NS. The van der Waals surface area contributed by atoms with Gasteiger partial charge in [-0.1, -0.05) is 30.3 Å². The normalized spacial score (nSPS) is 10.8. The molecule has 0 aliphatic heterocycles. The van der Waals surface area contributed by atoms with Gasteiger partial charge in [0.15, 0.2) is 0 Å². The Labute approximate surface area is 91.5 Å². The molecule has 0 atom stereocenters. The number of thioether (sulfide) groups is 1. The van der Waals surface area contributed by atoms with Gasteiger partial charge in [-0.25, -0.2) is 0 Å². The average Bonchev–Trinajstić information content (AvgIpc) is 2.18. The van der Waals surface area contributed by atoms with Crippen molar-refractivity contribution in [1.82, 2.24) is 4.90 Å². The summed E-state index contributed by atoms with van der Waals surface area (Å²) in [4.78, 5) is 2.23. The SMILES string of the molecule is CN(C)CCSCCc1ccccc1. The Morgan fingerprint density at radius 1 is 1.07 bits per heavy atom. The van der Waals surface area contributed by atoms with E-state index in [1.165, 1.54) is 30.0 Å². The quantitative estimate of drug-likeness (QED) is 0.662. The lowest BCUT2D eigenvalue weighted by molar-refractivity contribution is 0.437. The van der Waals surface area contributed by atoms with Crippen molar-refractivity contribution in [1.29, 1.82) is 0 Å². The van der Waals surface area contributed by atoms with Crippen LogP contribution in [-0.2, 0) is 6.42 Å². The Morgan fingerprint density at radius 3 is 2.43 bits per heavy atom. The fourth-order valence-electron chi connectivity index (χ4n) is 1.18. The summed E-state index contributed by atoms with van der Waals surface area (Å²) in [5.41, 5.74) is 1.45. The van der Waals surface area contributed by atoms with Crippen LogP contribution >= 0.6 is 11.8 Å². The molecule has 0 amide bonds. The highest BCUT2D eigenvalue weighted by Gasteiger charge is 1.93. The first-order chi connectivity index (χ1) is 6.79. The lowest BCUT2D eigenvalue weighted by Crippen LogP contribution is -2.15. The van der Waals surface area contributed by atoms with Crippen molar-refractivity contribution < 1.29 is 0 Å². The molecule has 0 radical (unpaired) electrons. The van der Waals surface area contributed by atoms with Crippen molar-refractivity contribution in [2.24, 2.45) is 0 Å². The second-order valence-corrected chi connectivity index (χ2v) is 4.88. The summed E-state index contributed by atoms with van der Waals surface area (Å²) in [5.74, 6) is 2.47. The molecule has 14 heavy (non-hydrogen) atoms. The summed E-state index contributed by atoms with van der Waals surface area (Å²) in [5, 5.41) is 0. The predicted molar refractivity (Wildman–Crippen MR) is 66.0 cm³/mol. The minimum atomic E-state index is 1.18. The average molecular weight is 209 g/mol. The van der Waals surface area contributed by atoms with Crippen LogP contribution in [0, 0.1) is 0 Å². The molecule has 0 heterocycles. The van der Waals surface area contributed by atoms with Crippen molar-refractivity contribution in [3.8, 4) is 0 Å². The van der Waals surface area contributed by atoms with E-state index in [2.05, 4.69) is 49.3 Å². The highest BCUT2D eigenvalue weighted by Crippen LogP contribution is 2.06. The number of rotatable bonds is 6. The first-order valence-corrected chi connectivity index (χ1v) is 6.21. The fourth-order valence-corrected chi connectivity index (χ4v) is 2.26. The Hall–Kier alpha value is -0.470. The molecule has 0 unspecified atom stereocenters. The highest BCUT2D eigenvalue weighted by atomic mass is 32.2. The van der Waals surface area contributed by atoms with Gasteiger partial charge in [-0.15, -0.1) is 0 Å². The summed E-state index contributed by atoms with van der Waals surface area (Å²) in [6.07, 6.45) is 1.19. The summed E-state index contributed by atoms with van der Waals surface area (Å²) >= 11 is 2.03. The smallest absolute Gasteiger partial charge is 0.00662 e. The van der Waals surface area contributed by atoms with Crippen LogP contribution in [0.5, 0.6) is 0 Å². The molecule has 0 spiro atoms. The summed E-state index contributed by atoms with van der Waals surface area (Å²) in [7, 11) is 4.25. The first kappa shape index (κ1) is 11.6. The van der Waals surface area contributed by atoms with Gasteiger partial charge in [-0.3, -0.25) is 0 Å². The summed E-state index contributed by atoms with van der Waals surface area (Å²) < 4.78 is 0. The Balaban J connectivity index is 2.05. The van der Waals surface area contributed by atoms with Gasteiger partial charge in [0.25, 0.3) is 0 Å². The second-order valence-electron chi connectivity index (χ2n) is 3.65. The Morgan fingerprint density at radius 2 is 1.79 bits per heavy atom. The number of hydrogen-bond acceptors (Lipinski definition) is 2. The first-order valence-electron chi connectivity index (χ1n) is 5.05. The standard InChI is InChI=1S/C12H19NS/c1-13(2)9-11-14-10-8-12-6-4-3-5-7-12/h3-7H,8-11H2,1-2H3. The van der Waals surface area contributed by atoms with E-state index in [0.29, 0.717) is 0 Å². The maximum absolute atomic E-state index is 2.23. The van der Waals surface area contributed by atoms with Crippen LogP contribution < -0.4 is 0 Å². The van der Waals surface area contributed by atoms with Crippen LogP contribution in [-0.4, -0.2) is 37.0 Å². The molecule has 0 saturated heterocycles. The van der Waals surface area contributed by atoms with E-state index >= 15 is 0 Å². The third-order valence-corrected chi connectivity index (χ3v) is 3.02. The van der Waals surface area contributed by atoms with Crippen LogP contribution in [0.1, 0.15) is 5.56 Å². The predicted octanol–water partition coefficient (Wildman–Crippen LogP) is 2.52. The van der Waals surface area contributed by atoms with E-state index in [1.54, 1.807) is 0 Å². The highest BCUT2D eigenvalue weighted by molar-refractivity contribution is 7.99. The number of aryl methyl sites for hydroxylation is 1. The van der Waals surface area contributed by atoms with Crippen LogP contribution in [0.4, 0.5) is 0 Å². The molecule has 78 valence electrons. The fraction of sp³-hybridized carbons (Fsp3) is 0.500. The molecule has 0 aliphatic carbocycles. The van der Waals surface area contributed by atoms with Crippen molar-refractivity contribution >= 4 is 11.8 Å². The van der Waals surface area contributed by atoms with E-state index < -0.39 is 0 Å². The maximum atomic E-state index is 2.23. The molecule has 1 rings (SSSR count). The molecule has 0 aliphatic rings. The minimum Gasteiger partial charge on any atom is -0.309 e. The lowest BCUT2D eigenvalue weighted by Gasteiger charge is -2.08. The van der Waals surface area contributed by atoms with Crippen LogP contribution in [0.2, 0.25) is 0 Å². The molecule has 0 N–H and O–H groups in total. The molecule has 0 fully saturated rings. The van der Waals surface area contributed by atoms with Gasteiger partial charge in [-0.2, -0.15) is 11.8 Å². The van der Waals surface area contributed by atoms with Crippen LogP contribution in [0.3, 0.4) is 0 Å². The number of benzene rings is 1. The number of hydrogen-bond donors (Lipinski definition) is 0. The molecule has 2 heteroatoms. The van der Waals surface area contributed by atoms with E-state index in [-0.39, 0.29) is 0 Å². The van der Waals surface area contributed by atoms with Crippen molar-refractivity contribution in [3.05, 3.63) is 35.9 Å². The lowest BCUT2D eigenvalue weighted by atomic mass is 10.2. The van der Waals surface area contributed by atoms with Gasteiger partial charge in [-0.05, 0) is 31.8 Å². The zero-order valence-electron chi connectivity index (χ0n) is 9.07. The second kappa shape index (κ2) is 6.91. The van der Waals surface area contributed by atoms with Gasteiger partial charge < -0.3 is 4.90 Å². The van der Waals surface area contributed by atoms with Crippen molar-refractivity contribution in [2.75, 3.05) is 32.1 Å². The Bertz CT molecular complexity index is 233. The summed E-state index contributed by atoms with van der Waals surface area (Å²) in [6, 6.07) is 10.7. The van der Waals surface area contributed by atoms with E-state index in [0.717, 1.165) is 0 Å². The monoisotopic (exact) mass is 209 g/mol. The van der Waals surface area contributed by atoms with Crippen LogP contribution in [0.25, 0.3) is 0 Å². The van der Waals surface area contributed by atoms with Gasteiger partial charge in [0.05, 0.1) is 0 Å². The maximum Gasteiger partial charge on any atom is 0.00662 e. The molecule has 1 aromatic rings. The van der Waals surface area contributed by atoms with E-state index in [1.807, 2.05) is 11.8 Å². The molecule has 0 aromatic heterocycles. The molecule has 0 bridgehead atoms. The molecule has 1 aromatic carbocycles. The zero-order chi connectivity index (χ0) is 10.2. The third-order valence-electron chi connectivity index (χ3n) is 2.06. The van der Waals surface area contributed by atoms with Gasteiger partial charge in [0.2, 0.25) is 0 Å². The van der Waals surface area contributed by atoms with Crippen LogP contribution in [0.15, 0.2) is 30.3 Å². The van der Waals surface area contributed by atoms with Gasteiger partial charge >= 0.3 is 0 Å². The minimum absolute atomic E-state index is 1.18. The number of nitrogens with zero attached hydrogens (tertiary/aromatic N) is 1. The molecule has 1 nitrogen and oxygen atoms in total. The third kappa shape index (κ3) is 5.30. The van der Waals surface area contributed by atoms with E-state index in [9.17, 15) is 0 Å². The Kier molecular flexibility index (Phi) is 5.72.